The maximum atomic E-state index is 13.2. The summed E-state index contributed by atoms with van der Waals surface area (Å²) in [5.74, 6) is -0.388. The summed E-state index contributed by atoms with van der Waals surface area (Å²) in [5.41, 5.74) is 1.63. The first-order chi connectivity index (χ1) is 15.9. The van der Waals surface area contributed by atoms with Gasteiger partial charge in [0.05, 0.1) is 43.2 Å². The van der Waals surface area contributed by atoms with E-state index in [0.29, 0.717) is 54.7 Å². The maximum Gasteiger partial charge on any atom is 0.295 e. The smallest absolute Gasteiger partial charge is 0.295 e. The summed E-state index contributed by atoms with van der Waals surface area (Å²) < 4.78 is 10.7. The molecule has 0 saturated carbocycles. The summed E-state index contributed by atoms with van der Waals surface area (Å²) in [4.78, 5) is 38.5. The fourth-order valence-electron chi connectivity index (χ4n) is 4.28. The highest BCUT2D eigenvalue weighted by atomic mass is 16.5. The Morgan fingerprint density at radius 3 is 2.48 bits per heavy atom. The Bertz CT molecular complexity index is 1080. The van der Waals surface area contributed by atoms with Gasteiger partial charge in [-0.1, -0.05) is 12.1 Å². The first-order valence-electron chi connectivity index (χ1n) is 10.9. The van der Waals surface area contributed by atoms with Crippen LogP contribution >= 0.6 is 0 Å². The Morgan fingerprint density at radius 2 is 1.85 bits per heavy atom. The highest BCUT2D eigenvalue weighted by molar-refractivity contribution is 6.46. The van der Waals surface area contributed by atoms with Crippen LogP contribution in [0.2, 0.25) is 0 Å². The number of ketones is 1. The predicted octanol–water partition coefficient (Wildman–Crippen LogP) is 1.86. The van der Waals surface area contributed by atoms with E-state index >= 15 is 0 Å². The normalized spacial score (nSPS) is 20.9. The molecule has 2 aliphatic rings. The van der Waals surface area contributed by atoms with Gasteiger partial charge in [0, 0.05) is 32.4 Å². The summed E-state index contributed by atoms with van der Waals surface area (Å²) >= 11 is 0. The van der Waals surface area contributed by atoms with Crippen molar-refractivity contribution >= 4 is 17.4 Å². The molecule has 1 aromatic heterocycles. The van der Waals surface area contributed by atoms with Gasteiger partial charge in [0.25, 0.3) is 11.7 Å². The van der Waals surface area contributed by atoms with Crippen molar-refractivity contribution in [2.75, 3.05) is 46.5 Å². The summed E-state index contributed by atoms with van der Waals surface area (Å²) in [6.45, 7) is 7.28. The number of rotatable bonds is 6. The number of methoxy groups -OCH3 is 1. The van der Waals surface area contributed by atoms with E-state index in [-0.39, 0.29) is 11.3 Å². The van der Waals surface area contributed by atoms with Crippen LogP contribution in [0.15, 0.2) is 36.0 Å². The number of aliphatic hydroxyl groups is 1. The van der Waals surface area contributed by atoms with Gasteiger partial charge in [-0.15, -0.1) is 0 Å². The van der Waals surface area contributed by atoms with E-state index in [4.69, 9.17) is 9.47 Å². The molecule has 9 heteroatoms. The first-order valence-corrected chi connectivity index (χ1v) is 10.9. The highest BCUT2D eigenvalue weighted by Gasteiger charge is 2.46. The number of hydrogen-bond donors (Lipinski definition) is 1. The zero-order valence-electron chi connectivity index (χ0n) is 19.1. The molecule has 9 nitrogen and oxygen atoms in total. The van der Waals surface area contributed by atoms with Crippen molar-refractivity contribution in [2.24, 2.45) is 0 Å². The predicted molar refractivity (Wildman–Crippen MR) is 121 cm³/mol. The number of likely N-dealkylation sites (tertiary alicyclic amines) is 1. The molecule has 0 aliphatic carbocycles. The molecule has 1 N–H and O–H groups in total. The summed E-state index contributed by atoms with van der Waals surface area (Å²) in [6, 6.07) is 6.44. The van der Waals surface area contributed by atoms with Crippen LogP contribution in [0.3, 0.4) is 0 Å². The van der Waals surface area contributed by atoms with Gasteiger partial charge < -0.3 is 19.5 Å². The fraction of sp³-hybridized carbons (Fsp3) is 0.417. The molecule has 1 aromatic carbocycles. The molecule has 0 unspecified atom stereocenters. The van der Waals surface area contributed by atoms with Crippen LogP contribution in [-0.2, 0) is 14.3 Å². The lowest BCUT2D eigenvalue weighted by Crippen LogP contribution is -2.42. The highest BCUT2D eigenvalue weighted by Crippen LogP contribution is 2.40. The van der Waals surface area contributed by atoms with Crippen molar-refractivity contribution in [3.05, 3.63) is 58.7 Å². The lowest BCUT2D eigenvalue weighted by molar-refractivity contribution is -0.140. The monoisotopic (exact) mass is 452 g/mol. The van der Waals surface area contributed by atoms with Crippen molar-refractivity contribution in [1.82, 2.24) is 19.8 Å². The largest absolute Gasteiger partial charge is 0.507 e. The average Bonchev–Trinajstić information content (AvgIpc) is 3.08. The number of morpholine rings is 1. The molecule has 0 radical (unpaired) electrons. The summed E-state index contributed by atoms with van der Waals surface area (Å²) in [6.07, 6.45) is 1.49. The van der Waals surface area contributed by atoms with Crippen molar-refractivity contribution in [3.63, 3.8) is 0 Å². The molecular weight excluding hydrogens is 424 g/mol. The molecule has 2 fully saturated rings. The topological polar surface area (TPSA) is 105 Å². The minimum absolute atomic E-state index is 0.0442. The van der Waals surface area contributed by atoms with Gasteiger partial charge in [0.2, 0.25) is 0 Å². The first kappa shape index (κ1) is 22.9. The fourth-order valence-corrected chi connectivity index (χ4v) is 4.28. The summed E-state index contributed by atoms with van der Waals surface area (Å²) in [5, 5.41) is 11.2. The van der Waals surface area contributed by atoms with Gasteiger partial charge in [-0.3, -0.25) is 14.5 Å². The number of carbonyl (C=O) groups is 2. The molecule has 0 bridgehead atoms. The van der Waals surface area contributed by atoms with Gasteiger partial charge >= 0.3 is 0 Å². The van der Waals surface area contributed by atoms with Crippen molar-refractivity contribution in [2.45, 2.75) is 19.9 Å². The van der Waals surface area contributed by atoms with Crippen molar-refractivity contribution < 1.29 is 24.2 Å². The Morgan fingerprint density at radius 1 is 1.15 bits per heavy atom. The Balaban J connectivity index is 1.75. The average molecular weight is 453 g/mol. The van der Waals surface area contributed by atoms with Gasteiger partial charge in [-0.2, -0.15) is 0 Å². The van der Waals surface area contributed by atoms with Gasteiger partial charge in [-0.05, 0) is 31.5 Å². The number of hydrogen-bond acceptors (Lipinski definition) is 8. The van der Waals surface area contributed by atoms with Crippen molar-refractivity contribution in [1.29, 1.82) is 0 Å². The Kier molecular flexibility index (Phi) is 6.71. The SMILES string of the molecule is COc1ccc([C@@H]2C(=C(O)c3cnc(C)nc3C)C(=O)C(=O)N2CCN2CCOCC2)cc1. The second kappa shape index (κ2) is 9.68. The number of aromatic nitrogens is 2. The molecule has 2 aromatic rings. The minimum Gasteiger partial charge on any atom is -0.507 e. The number of Topliss-reactive ketones (excluding diaryl/α,β-unsaturated/α-hetero) is 1. The van der Waals surface area contributed by atoms with Crippen molar-refractivity contribution in [3.8, 4) is 5.75 Å². The molecule has 1 atom stereocenters. The number of aliphatic hydroxyl groups excluding tert-OH is 1. The van der Waals surface area contributed by atoms with Gasteiger partial charge in [0.15, 0.2) is 0 Å². The Labute approximate surface area is 192 Å². The third-order valence-corrected chi connectivity index (χ3v) is 6.09. The maximum absolute atomic E-state index is 13.2. The zero-order chi connectivity index (χ0) is 23.5. The van der Waals surface area contributed by atoms with E-state index in [0.717, 1.165) is 13.1 Å². The molecule has 4 rings (SSSR count). The number of benzene rings is 1. The zero-order valence-corrected chi connectivity index (χ0v) is 19.1. The molecule has 0 spiro atoms. The number of aryl methyl sites for hydroxylation is 2. The van der Waals surface area contributed by atoms with Crippen LogP contribution < -0.4 is 4.74 Å². The second-order valence-electron chi connectivity index (χ2n) is 8.14. The third kappa shape index (κ3) is 4.60. The van der Waals surface area contributed by atoms with Crippen LogP contribution in [0.25, 0.3) is 5.76 Å². The molecule has 174 valence electrons. The van der Waals surface area contributed by atoms with Crippen LogP contribution in [0.4, 0.5) is 0 Å². The van der Waals surface area contributed by atoms with E-state index in [1.54, 1.807) is 33.1 Å². The molecule has 33 heavy (non-hydrogen) atoms. The molecule has 3 heterocycles. The molecular formula is C24H28N4O5. The second-order valence-corrected chi connectivity index (χ2v) is 8.14. The van der Waals surface area contributed by atoms with E-state index in [9.17, 15) is 14.7 Å². The van der Waals surface area contributed by atoms with E-state index in [1.807, 2.05) is 12.1 Å². The van der Waals surface area contributed by atoms with E-state index < -0.39 is 17.7 Å². The number of nitrogens with zero attached hydrogens (tertiary/aromatic N) is 4. The van der Waals surface area contributed by atoms with Crippen LogP contribution in [0.1, 0.15) is 28.7 Å². The van der Waals surface area contributed by atoms with Crippen LogP contribution in [0, 0.1) is 13.8 Å². The number of amides is 1. The number of carbonyl (C=O) groups excluding carboxylic acids is 2. The lowest BCUT2D eigenvalue weighted by atomic mass is 9.95. The van der Waals surface area contributed by atoms with E-state index in [2.05, 4.69) is 14.9 Å². The molecule has 2 saturated heterocycles. The van der Waals surface area contributed by atoms with Gasteiger partial charge in [0.1, 0.15) is 17.3 Å². The Hall–Kier alpha value is -3.30. The third-order valence-electron chi connectivity index (χ3n) is 6.09. The number of ether oxygens (including phenoxy) is 2. The van der Waals surface area contributed by atoms with Gasteiger partial charge in [-0.25, -0.2) is 9.97 Å². The molecule has 2 aliphatic heterocycles. The minimum atomic E-state index is -0.724. The van der Waals surface area contributed by atoms with Crippen LogP contribution in [0.5, 0.6) is 5.75 Å². The summed E-state index contributed by atoms with van der Waals surface area (Å²) in [7, 11) is 1.57. The lowest BCUT2D eigenvalue weighted by Gasteiger charge is -2.31. The van der Waals surface area contributed by atoms with Crippen LogP contribution in [-0.4, -0.2) is 83.1 Å². The quantitative estimate of drug-likeness (QED) is 0.402. The standard InChI is InChI=1S/C24H28N4O5/c1-15-19(14-25-16(2)26-15)22(29)20-21(17-4-6-18(32-3)7-5-17)28(24(31)23(20)30)9-8-27-10-12-33-13-11-27/h4-7,14,21,29H,8-13H2,1-3H3/t21-/m1/s1. The van der Waals surface area contributed by atoms with E-state index in [1.165, 1.54) is 11.1 Å². The molecule has 1 amide bonds.